The van der Waals surface area contributed by atoms with Gasteiger partial charge in [-0.05, 0) is 30.9 Å². The molecule has 0 aromatic heterocycles. The summed E-state index contributed by atoms with van der Waals surface area (Å²) in [6.07, 6.45) is 3.61. The van der Waals surface area contributed by atoms with E-state index in [2.05, 4.69) is 11.6 Å². The van der Waals surface area contributed by atoms with Gasteiger partial charge in [-0.3, -0.25) is 0 Å². The van der Waals surface area contributed by atoms with Crippen LogP contribution in [0.2, 0.25) is 5.02 Å². The van der Waals surface area contributed by atoms with Gasteiger partial charge in [0.1, 0.15) is 10.7 Å². The molecule has 2 atom stereocenters. The standard InChI is InChI=1S/C14H20ClFN2O2S/c1-9-3-2-4-12(5-9)18-21(19,20)13-7-11(15)6-10(8-17)14(13)16/h6-7,9,12,18H,2-5,8,17H2,1H3. The summed E-state index contributed by atoms with van der Waals surface area (Å²) in [4.78, 5) is -0.423. The van der Waals surface area contributed by atoms with Crippen molar-refractivity contribution in [1.82, 2.24) is 4.72 Å². The lowest BCUT2D eigenvalue weighted by atomic mass is 9.88. The maximum Gasteiger partial charge on any atom is 0.243 e. The number of benzene rings is 1. The molecule has 3 N–H and O–H groups in total. The van der Waals surface area contributed by atoms with E-state index in [4.69, 9.17) is 17.3 Å². The molecule has 7 heteroatoms. The van der Waals surface area contributed by atoms with E-state index in [9.17, 15) is 12.8 Å². The van der Waals surface area contributed by atoms with Crippen molar-refractivity contribution in [3.05, 3.63) is 28.5 Å². The molecule has 0 saturated heterocycles. The molecule has 1 fully saturated rings. The molecular formula is C14H20ClFN2O2S. The normalized spacial score (nSPS) is 23.2. The van der Waals surface area contributed by atoms with E-state index >= 15 is 0 Å². The highest BCUT2D eigenvalue weighted by atomic mass is 35.5. The van der Waals surface area contributed by atoms with E-state index in [0.717, 1.165) is 31.7 Å². The van der Waals surface area contributed by atoms with Crippen molar-refractivity contribution >= 4 is 21.6 Å². The minimum Gasteiger partial charge on any atom is -0.326 e. The number of hydrogen-bond acceptors (Lipinski definition) is 3. The first-order valence-corrected chi connectivity index (χ1v) is 8.90. The summed E-state index contributed by atoms with van der Waals surface area (Å²) < 4.78 is 41.6. The molecule has 1 aromatic rings. The van der Waals surface area contributed by atoms with Crippen molar-refractivity contribution < 1.29 is 12.8 Å². The summed E-state index contributed by atoms with van der Waals surface area (Å²) in [5.74, 6) is -0.353. The van der Waals surface area contributed by atoms with Crippen LogP contribution in [-0.2, 0) is 16.6 Å². The molecule has 0 bridgehead atoms. The minimum absolute atomic E-state index is 0.0971. The van der Waals surface area contributed by atoms with Gasteiger partial charge in [0.2, 0.25) is 10.0 Å². The van der Waals surface area contributed by atoms with Gasteiger partial charge < -0.3 is 5.73 Å². The van der Waals surface area contributed by atoms with E-state index in [-0.39, 0.29) is 23.2 Å². The van der Waals surface area contributed by atoms with Gasteiger partial charge in [-0.25, -0.2) is 17.5 Å². The molecule has 1 aromatic carbocycles. The van der Waals surface area contributed by atoms with Crippen LogP contribution in [0, 0.1) is 11.7 Å². The molecule has 118 valence electrons. The third kappa shape index (κ3) is 3.94. The monoisotopic (exact) mass is 334 g/mol. The van der Waals surface area contributed by atoms with Crippen molar-refractivity contribution in [2.75, 3.05) is 0 Å². The number of rotatable bonds is 4. The maximum atomic E-state index is 14.2. The van der Waals surface area contributed by atoms with Crippen LogP contribution >= 0.6 is 11.6 Å². The molecular weight excluding hydrogens is 315 g/mol. The molecule has 4 nitrogen and oxygen atoms in total. The predicted octanol–water partition coefficient (Wildman–Crippen LogP) is 2.79. The van der Waals surface area contributed by atoms with E-state index in [1.165, 1.54) is 6.07 Å². The highest BCUT2D eigenvalue weighted by molar-refractivity contribution is 7.89. The van der Waals surface area contributed by atoms with Gasteiger partial charge in [-0.2, -0.15) is 0 Å². The van der Waals surface area contributed by atoms with E-state index in [1.807, 2.05) is 0 Å². The quantitative estimate of drug-likeness (QED) is 0.889. The third-order valence-corrected chi connectivity index (χ3v) is 5.58. The van der Waals surface area contributed by atoms with Crippen LogP contribution in [0.15, 0.2) is 17.0 Å². The Hall–Kier alpha value is -0.690. The first-order valence-electron chi connectivity index (χ1n) is 7.04. The van der Waals surface area contributed by atoms with Gasteiger partial charge in [-0.1, -0.05) is 31.4 Å². The lowest BCUT2D eigenvalue weighted by molar-refractivity contribution is 0.327. The number of hydrogen-bond donors (Lipinski definition) is 2. The first-order chi connectivity index (χ1) is 9.83. The molecule has 2 unspecified atom stereocenters. The van der Waals surface area contributed by atoms with Crippen molar-refractivity contribution in [2.24, 2.45) is 11.7 Å². The molecule has 0 aliphatic heterocycles. The predicted molar refractivity (Wildman–Crippen MR) is 81.0 cm³/mol. The second-order valence-corrected chi connectivity index (χ2v) is 7.79. The van der Waals surface area contributed by atoms with Crippen molar-refractivity contribution in [1.29, 1.82) is 0 Å². The van der Waals surface area contributed by atoms with Crippen molar-refractivity contribution in [3.8, 4) is 0 Å². The lowest BCUT2D eigenvalue weighted by Crippen LogP contribution is -2.38. The Bertz CT molecular complexity index is 622. The molecule has 21 heavy (non-hydrogen) atoms. The number of nitrogens with two attached hydrogens (primary N) is 1. The molecule has 2 rings (SSSR count). The minimum atomic E-state index is -3.93. The SMILES string of the molecule is CC1CCCC(NS(=O)(=O)c2cc(Cl)cc(CN)c2F)C1. The molecule has 0 radical (unpaired) electrons. The average Bonchev–Trinajstić information content (AvgIpc) is 2.40. The molecule has 0 heterocycles. The van der Waals surface area contributed by atoms with Crippen LogP contribution in [0.1, 0.15) is 38.2 Å². The van der Waals surface area contributed by atoms with E-state index in [1.54, 1.807) is 0 Å². The zero-order chi connectivity index (χ0) is 15.6. The van der Waals surface area contributed by atoms with Crippen LogP contribution in [0.5, 0.6) is 0 Å². The van der Waals surface area contributed by atoms with Gasteiger partial charge >= 0.3 is 0 Å². The fourth-order valence-corrected chi connectivity index (χ4v) is 4.52. The van der Waals surface area contributed by atoms with Crippen LogP contribution in [-0.4, -0.2) is 14.5 Å². The molecule has 1 saturated carbocycles. The van der Waals surface area contributed by atoms with Crippen LogP contribution in [0.3, 0.4) is 0 Å². The summed E-state index contributed by atoms with van der Waals surface area (Å²) in [6.45, 7) is 1.99. The van der Waals surface area contributed by atoms with E-state index < -0.39 is 20.7 Å². The second kappa shape index (κ2) is 6.60. The highest BCUT2D eigenvalue weighted by Gasteiger charge is 2.27. The topological polar surface area (TPSA) is 72.2 Å². The summed E-state index contributed by atoms with van der Waals surface area (Å²) in [7, 11) is -3.93. The number of nitrogens with one attached hydrogen (secondary N) is 1. The first kappa shape index (κ1) is 16.7. The van der Waals surface area contributed by atoms with Crippen LogP contribution in [0.4, 0.5) is 4.39 Å². The Labute approximate surface area is 129 Å². The van der Waals surface area contributed by atoms with E-state index in [0.29, 0.717) is 5.92 Å². The molecule has 0 spiro atoms. The molecule has 0 amide bonds. The summed E-state index contributed by atoms with van der Waals surface area (Å²) >= 11 is 5.86. The van der Waals surface area contributed by atoms with Crippen LogP contribution in [0.25, 0.3) is 0 Å². The Morgan fingerprint density at radius 2 is 2.14 bits per heavy atom. The Morgan fingerprint density at radius 1 is 1.43 bits per heavy atom. The van der Waals surface area contributed by atoms with Gasteiger partial charge in [0.15, 0.2) is 0 Å². The summed E-state index contributed by atoms with van der Waals surface area (Å²) in [5.41, 5.74) is 5.52. The summed E-state index contributed by atoms with van der Waals surface area (Å²) in [6, 6.07) is 2.32. The van der Waals surface area contributed by atoms with Gasteiger partial charge in [0.05, 0.1) is 0 Å². The Balaban J connectivity index is 2.29. The molecule has 1 aliphatic carbocycles. The van der Waals surface area contributed by atoms with Gasteiger partial charge in [0, 0.05) is 23.2 Å². The Kier molecular flexibility index (Phi) is 5.24. The number of halogens is 2. The Morgan fingerprint density at radius 3 is 2.76 bits per heavy atom. The van der Waals surface area contributed by atoms with Gasteiger partial charge in [-0.15, -0.1) is 0 Å². The largest absolute Gasteiger partial charge is 0.326 e. The fraction of sp³-hybridized carbons (Fsp3) is 0.571. The lowest BCUT2D eigenvalue weighted by Gasteiger charge is -2.27. The second-order valence-electron chi connectivity index (χ2n) is 5.67. The van der Waals surface area contributed by atoms with Crippen LogP contribution < -0.4 is 10.5 Å². The third-order valence-electron chi connectivity index (χ3n) is 3.85. The van der Waals surface area contributed by atoms with Crippen molar-refractivity contribution in [3.63, 3.8) is 0 Å². The fourth-order valence-electron chi connectivity index (χ4n) is 2.79. The summed E-state index contributed by atoms with van der Waals surface area (Å²) in [5, 5.41) is 0.161. The zero-order valence-electron chi connectivity index (χ0n) is 11.9. The average molecular weight is 335 g/mol. The van der Waals surface area contributed by atoms with Crippen molar-refractivity contribution in [2.45, 2.75) is 50.1 Å². The molecule has 1 aliphatic rings. The highest BCUT2D eigenvalue weighted by Crippen LogP contribution is 2.27. The number of sulfonamides is 1. The van der Waals surface area contributed by atoms with Gasteiger partial charge in [0.25, 0.3) is 0 Å². The smallest absolute Gasteiger partial charge is 0.243 e. The maximum absolute atomic E-state index is 14.2. The zero-order valence-corrected chi connectivity index (χ0v) is 13.5.